The van der Waals surface area contributed by atoms with Crippen LogP contribution < -0.4 is 5.32 Å². The fraction of sp³-hybridized carbons (Fsp3) is 0.583. The van der Waals surface area contributed by atoms with Crippen LogP contribution in [0.3, 0.4) is 0 Å². The monoisotopic (exact) mass is 308 g/mol. The van der Waals surface area contributed by atoms with Crippen LogP contribution in [0.5, 0.6) is 0 Å². The van der Waals surface area contributed by atoms with Gasteiger partial charge in [-0.3, -0.25) is 9.69 Å². The number of carbonyl (C=O) groups excluding carboxylic acids is 1. The molecular weight excluding hydrogens is 293 g/mol. The molecule has 1 amide bonds. The lowest BCUT2D eigenvalue weighted by Crippen LogP contribution is -2.46. The first-order valence-corrected chi connectivity index (χ1v) is 7.06. The van der Waals surface area contributed by atoms with Crippen molar-refractivity contribution < 1.29 is 22.7 Å². The number of morpholine rings is 1. The number of hydrogen-bond acceptors (Lipinski definition) is 4. The maximum Gasteiger partial charge on any atom is 0.471 e. The van der Waals surface area contributed by atoms with E-state index in [1.165, 1.54) is 11.3 Å². The molecule has 8 heteroatoms. The van der Waals surface area contributed by atoms with E-state index in [1.807, 2.05) is 27.7 Å². The van der Waals surface area contributed by atoms with Crippen LogP contribution in [-0.4, -0.2) is 49.8 Å². The Hall–Kier alpha value is -1.12. The van der Waals surface area contributed by atoms with Gasteiger partial charge in [-0.1, -0.05) is 6.07 Å². The van der Waals surface area contributed by atoms with Gasteiger partial charge in [-0.05, 0) is 11.4 Å². The summed E-state index contributed by atoms with van der Waals surface area (Å²) in [7, 11) is 0. The first-order valence-electron chi connectivity index (χ1n) is 6.18. The van der Waals surface area contributed by atoms with Crippen molar-refractivity contribution in [2.75, 3.05) is 32.8 Å². The van der Waals surface area contributed by atoms with Crippen LogP contribution in [0, 0.1) is 0 Å². The number of alkyl halides is 3. The fourth-order valence-electron chi connectivity index (χ4n) is 2.07. The topological polar surface area (TPSA) is 41.6 Å². The molecule has 1 aromatic rings. The average molecular weight is 308 g/mol. The summed E-state index contributed by atoms with van der Waals surface area (Å²) in [5.74, 6) is -1.90. The van der Waals surface area contributed by atoms with Crippen molar-refractivity contribution >= 4 is 17.2 Å². The number of nitrogens with one attached hydrogen (secondary N) is 1. The zero-order valence-electron chi connectivity index (χ0n) is 10.7. The van der Waals surface area contributed by atoms with E-state index in [1.54, 1.807) is 0 Å². The second kappa shape index (κ2) is 6.55. The van der Waals surface area contributed by atoms with E-state index in [0.717, 1.165) is 4.88 Å². The van der Waals surface area contributed by atoms with Crippen molar-refractivity contribution in [3.8, 4) is 0 Å². The molecule has 1 fully saturated rings. The van der Waals surface area contributed by atoms with Crippen LogP contribution in [-0.2, 0) is 9.53 Å². The highest BCUT2D eigenvalue weighted by molar-refractivity contribution is 7.10. The Morgan fingerprint density at radius 2 is 2.15 bits per heavy atom. The van der Waals surface area contributed by atoms with Gasteiger partial charge in [-0.25, -0.2) is 0 Å². The van der Waals surface area contributed by atoms with Crippen LogP contribution >= 0.6 is 11.3 Å². The molecule has 0 radical (unpaired) electrons. The van der Waals surface area contributed by atoms with Gasteiger partial charge in [-0.2, -0.15) is 13.2 Å². The van der Waals surface area contributed by atoms with Gasteiger partial charge in [0.1, 0.15) is 0 Å². The molecule has 20 heavy (non-hydrogen) atoms. The second-order valence-electron chi connectivity index (χ2n) is 4.39. The summed E-state index contributed by atoms with van der Waals surface area (Å²) >= 11 is 1.47. The third-order valence-electron chi connectivity index (χ3n) is 3.07. The summed E-state index contributed by atoms with van der Waals surface area (Å²) in [5.41, 5.74) is 0. The summed E-state index contributed by atoms with van der Waals surface area (Å²) in [4.78, 5) is 13.9. The van der Waals surface area contributed by atoms with Crippen LogP contribution in [0.1, 0.15) is 10.9 Å². The molecule has 2 rings (SSSR count). The van der Waals surface area contributed by atoms with Gasteiger partial charge in [-0.15, -0.1) is 11.3 Å². The van der Waals surface area contributed by atoms with E-state index in [-0.39, 0.29) is 12.6 Å². The molecule has 112 valence electrons. The number of ether oxygens (including phenoxy) is 1. The molecule has 0 unspecified atom stereocenters. The van der Waals surface area contributed by atoms with E-state index in [4.69, 9.17) is 4.74 Å². The fourth-order valence-corrected chi connectivity index (χ4v) is 2.93. The minimum atomic E-state index is -4.84. The maximum absolute atomic E-state index is 12.2. The van der Waals surface area contributed by atoms with Crippen LogP contribution in [0.2, 0.25) is 0 Å². The Morgan fingerprint density at radius 3 is 2.70 bits per heavy atom. The van der Waals surface area contributed by atoms with Crippen molar-refractivity contribution in [1.82, 2.24) is 10.2 Å². The van der Waals surface area contributed by atoms with E-state index >= 15 is 0 Å². The lowest BCUT2D eigenvalue weighted by molar-refractivity contribution is -0.173. The molecule has 4 nitrogen and oxygen atoms in total. The van der Waals surface area contributed by atoms with Crippen molar-refractivity contribution in [2.24, 2.45) is 0 Å². The maximum atomic E-state index is 12.2. The Morgan fingerprint density at radius 1 is 1.45 bits per heavy atom. The zero-order valence-corrected chi connectivity index (χ0v) is 11.5. The number of rotatable bonds is 4. The first kappa shape index (κ1) is 15.3. The first-order chi connectivity index (χ1) is 9.48. The van der Waals surface area contributed by atoms with E-state index in [9.17, 15) is 18.0 Å². The van der Waals surface area contributed by atoms with Crippen LogP contribution in [0.15, 0.2) is 17.5 Å². The molecule has 0 spiro atoms. The van der Waals surface area contributed by atoms with Crippen molar-refractivity contribution in [2.45, 2.75) is 12.2 Å². The quantitative estimate of drug-likeness (QED) is 0.922. The summed E-state index contributed by atoms with van der Waals surface area (Å²) in [5, 5.41) is 3.84. The predicted molar refractivity (Wildman–Crippen MR) is 68.5 cm³/mol. The van der Waals surface area contributed by atoms with Gasteiger partial charge in [0.15, 0.2) is 0 Å². The van der Waals surface area contributed by atoms with Crippen LogP contribution in [0.25, 0.3) is 0 Å². The molecule has 1 aromatic heterocycles. The molecular formula is C12H15F3N2O2S. The molecule has 0 aliphatic carbocycles. The van der Waals surface area contributed by atoms with Gasteiger partial charge in [0.2, 0.25) is 0 Å². The van der Waals surface area contributed by atoms with Crippen molar-refractivity contribution in [3.63, 3.8) is 0 Å². The third kappa shape index (κ3) is 3.94. The molecule has 0 saturated carbocycles. The lowest BCUT2D eigenvalue weighted by Gasteiger charge is -2.34. The smallest absolute Gasteiger partial charge is 0.379 e. The zero-order chi connectivity index (χ0) is 14.6. The lowest BCUT2D eigenvalue weighted by atomic mass is 10.2. The van der Waals surface area contributed by atoms with Gasteiger partial charge < -0.3 is 10.1 Å². The molecule has 0 bridgehead atoms. The van der Waals surface area contributed by atoms with E-state index < -0.39 is 12.1 Å². The average Bonchev–Trinajstić information content (AvgIpc) is 2.93. The summed E-state index contributed by atoms with van der Waals surface area (Å²) in [6.45, 7) is 2.33. The van der Waals surface area contributed by atoms with Gasteiger partial charge in [0.25, 0.3) is 0 Å². The Bertz CT molecular complexity index is 430. The molecule has 1 saturated heterocycles. The highest BCUT2D eigenvalue weighted by atomic mass is 32.1. The number of halogens is 3. The standard InChI is InChI=1S/C12H15F3N2O2S/c13-12(14,15)11(18)16-8-9(10-2-1-7-20-10)17-3-5-19-6-4-17/h1-2,7,9H,3-6,8H2,(H,16,18)/t9-/m0/s1. The Labute approximate surface area is 118 Å². The number of hydrogen-bond donors (Lipinski definition) is 1. The van der Waals surface area contributed by atoms with Gasteiger partial charge >= 0.3 is 12.1 Å². The van der Waals surface area contributed by atoms with Crippen molar-refractivity contribution in [3.05, 3.63) is 22.4 Å². The SMILES string of the molecule is O=C(NC[C@@H](c1cccs1)N1CCOCC1)C(F)(F)F. The highest BCUT2D eigenvalue weighted by Gasteiger charge is 2.39. The van der Waals surface area contributed by atoms with Gasteiger partial charge in [0.05, 0.1) is 19.3 Å². The molecule has 0 aromatic carbocycles. The molecule has 1 aliphatic heterocycles. The summed E-state index contributed by atoms with van der Waals surface area (Å²) < 4.78 is 42.0. The molecule has 2 heterocycles. The number of nitrogens with zero attached hydrogens (tertiary/aromatic N) is 1. The number of carbonyl (C=O) groups is 1. The summed E-state index contributed by atoms with van der Waals surface area (Å²) in [6.07, 6.45) is -4.84. The molecule has 1 aliphatic rings. The van der Waals surface area contributed by atoms with E-state index in [0.29, 0.717) is 26.3 Å². The largest absolute Gasteiger partial charge is 0.471 e. The minimum absolute atomic E-state index is 0.0567. The Balaban J connectivity index is 2.02. The minimum Gasteiger partial charge on any atom is -0.379 e. The van der Waals surface area contributed by atoms with Gasteiger partial charge in [0, 0.05) is 24.5 Å². The number of thiophene rings is 1. The molecule has 1 atom stereocenters. The highest BCUT2D eigenvalue weighted by Crippen LogP contribution is 2.26. The molecule has 1 N–H and O–H groups in total. The van der Waals surface area contributed by atoms with Crippen LogP contribution in [0.4, 0.5) is 13.2 Å². The van der Waals surface area contributed by atoms with E-state index in [2.05, 4.69) is 0 Å². The third-order valence-corrected chi connectivity index (χ3v) is 4.05. The normalized spacial score (nSPS) is 18.8. The van der Waals surface area contributed by atoms with Crippen molar-refractivity contribution in [1.29, 1.82) is 0 Å². The predicted octanol–water partition coefficient (Wildman–Crippen LogP) is 1.80. The Kier molecular flexibility index (Phi) is 5.00. The summed E-state index contributed by atoms with van der Waals surface area (Å²) in [6, 6.07) is 3.47. The second-order valence-corrected chi connectivity index (χ2v) is 5.37. The number of amides is 1.